The number of aliphatic hydroxyl groups excluding tert-OH is 1. The third-order valence-corrected chi connectivity index (χ3v) is 5.19. The zero-order valence-electron chi connectivity index (χ0n) is 12.0. The topological polar surface area (TPSA) is 20.2 Å². The van der Waals surface area contributed by atoms with Crippen LogP contribution in [0.1, 0.15) is 45.1 Å². The van der Waals surface area contributed by atoms with Crippen molar-refractivity contribution < 1.29 is 5.11 Å². The summed E-state index contributed by atoms with van der Waals surface area (Å²) in [5, 5.41) is 10.4. The molecule has 1 aliphatic carbocycles. The van der Waals surface area contributed by atoms with Gasteiger partial charge in [-0.2, -0.15) is 0 Å². The van der Waals surface area contributed by atoms with Crippen molar-refractivity contribution in [2.45, 2.75) is 52.1 Å². The molecule has 1 aromatic rings. The van der Waals surface area contributed by atoms with Crippen molar-refractivity contribution in [1.29, 1.82) is 0 Å². The molecule has 0 aliphatic heterocycles. The number of aliphatic hydroxyl groups is 1. The van der Waals surface area contributed by atoms with Crippen LogP contribution in [0.25, 0.3) is 0 Å². The Kier molecular flexibility index (Phi) is 5.47. The molecule has 106 valence electrons. The SMILES string of the molecule is CC(C)C1CCC(C(O)Cc2ccc(Br)cc2)CC1. The average Bonchev–Trinajstić information content (AvgIpc) is 2.41. The third-order valence-electron chi connectivity index (χ3n) is 4.66. The number of rotatable bonds is 4. The number of halogens is 1. The van der Waals surface area contributed by atoms with Crippen molar-refractivity contribution in [1.82, 2.24) is 0 Å². The summed E-state index contributed by atoms with van der Waals surface area (Å²) in [4.78, 5) is 0. The van der Waals surface area contributed by atoms with Crippen molar-refractivity contribution in [3.8, 4) is 0 Å². The van der Waals surface area contributed by atoms with Crippen molar-refractivity contribution in [3.05, 3.63) is 34.3 Å². The largest absolute Gasteiger partial charge is 0.392 e. The van der Waals surface area contributed by atoms with Gasteiger partial charge in [0, 0.05) is 4.47 Å². The predicted octanol–water partition coefficient (Wildman–Crippen LogP) is 4.81. The van der Waals surface area contributed by atoms with Crippen LogP contribution in [0.5, 0.6) is 0 Å². The molecule has 2 heteroatoms. The first-order valence-corrected chi connectivity index (χ1v) is 8.28. The highest BCUT2D eigenvalue weighted by molar-refractivity contribution is 9.10. The van der Waals surface area contributed by atoms with E-state index in [4.69, 9.17) is 0 Å². The van der Waals surface area contributed by atoms with Crippen LogP contribution in [0.2, 0.25) is 0 Å². The maximum Gasteiger partial charge on any atom is 0.0608 e. The maximum absolute atomic E-state index is 10.4. The summed E-state index contributed by atoms with van der Waals surface area (Å²) in [5.74, 6) is 2.17. The molecule has 19 heavy (non-hydrogen) atoms. The molecule has 0 amide bonds. The van der Waals surface area contributed by atoms with Gasteiger partial charge in [-0.1, -0.05) is 41.9 Å². The molecule has 0 spiro atoms. The standard InChI is InChI=1S/C17H25BrO/c1-12(2)14-5-7-15(8-6-14)17(19)11-13-3-9-16(18)10-4-13/h3-4,9-10,12,14-15,17,19H,5-8,11H2,1-2H3. The lowest BCUT2D eigenvalue weighted by Crippen LogP contribution is -2.28. The lowest BCUT2D eigenvalue weighted by atomic mass is 9.74. The summed E-state index contributed by atoms with van der Waals surface area (Å²) in [6.45, 7) is 4.65. The van der Waals surface area contributed by atoms with Crippen molar-refractivity contribution in [2.24, 2.45) is 17.8 Å². The molecule has 1 unspecified atom stereocenters. The second-order valence-electron chi connectivity index (χ2n) is 6.32. The Bertz CT molecular complexity index is 377. The van der Waals surface area contributed by atoms with E-state index in [2.05, 4.69) is 54.0 Å². The predicted molar refractivity (Wildman–Crippen MR) is 84.1 cm³/mol. The molecule has 0 radical (unpaired) electrons. The second-order valence-corrected chi connectivity index (χ2v) is 7.23. The van der Waals surface area contributed by atoms with Gasteiger partial charge in [-0.15, -0.1) is 0 Å². The van der Waals surface area contributed by atoms with Gasteiger partial charge in [-0.05, 0) is 67.6 Å². The van der Waals surface area contributed by atoms with Gasteiger partial charge in [0.05, 0.1) is 6.10 Å². The molecule has 0 bridgehead atoms. The highest BCUT2D eigenvalue weighted by Gasteiger charge is 2.27. The van der Waals surface area contributed by atoms with Crippen LogP contribution in [-0.4, -0.2) is 11.2 Å². The van der Waals surface area contributed by atoms with Gasteiger partial charge in [0.1, 0.15) is 0 Å². The molecule has 0 saturated heterocycles. The molecule has 1 N–H and O–H groups in total. The third kappa shape index (κ3) is 4.32. The quantitative estimate of drug-likeness (QED) is 0.842. The Morgan fingerprint density at radius 1 is 1.05 bits per heavy atom. The van der Waals surface area contributed by atoms with Crippen LogP contribution < -0.4 is 0 Å². The zero-order valence-corrected chi connectivity index (χ0v) is 13.6. The van der Waals surface area contributed by atoms with E-state index in [0.717, 1.165) is 22.7 Å². The molecule has 2 rings (SSSR count). The Balaban J connectivity index is 1.84. The summed E-state index contributed by atoms with van der Waals surface area (Å²) < 4.78 is 1.10. The van der Waals surface area contributed by atoms with Crippen LogP contribution in [0.4, 0.5) is 0 Å². The number of benzene rings is 1. The van der Waals surface area contributed by atoms with Gasteiger partial charge in [-0.3, -0.25) is 0 Å². The van der Waals surface area contributed by atoms with Crippen LogP contribution in [-0.2, 0) is 6.42 Å². The van der Waals surface area contributed by atoms with E-state index >= 15 is 0 Å². The van der Waals surface area contributed by atoms with Crippen molar-refractivity contribution in [3.63, 3.8) is 0 Å². The van der Waals surface area contributed by atoms with E-state index in [-0.39, 0.29) is 6.10 Å². The Hall–Kier alpha value is -0.340. The fraction of sp³-hybridized carbons (Fsp3) is 0.647. The van der Waals surface area contributed by atoms with Gasteiger partial charge in [0.15, 0.2) is 0 Å². The van der Waals surface area contributed by atoms with E-state index in [1.165, 1.54) is 31.2 Å². The minimum Gasteiger partial charge on any atom is -0.392 e. The Morgan fingerprint density at radius 3 is 2.11 bits per heavy atom. The van der Waals surface area contributed by atoms with Gasteiger partial charge >= 0.3 is 0 Å². The molecule has 1 nitrogen and oxygen atoms in total. The molecular formula is C17H25BrO. The zero-order chi connectivity index (χ0) is 13.8. The lowest BCUT2D eigenvalue weighted by molar-refractivity contribution is 0.0675. The molecule has 1 aromatic carbocycles. The second kappa shape index (κ2) is 6.90. The fourth-order valence-electron chi connectivity index (χ4n) is 3.23. The minimum atomic E-state index is -0.172. The van der Waals surface area contributed by atoms with E-state index in [9.17, 15) is 5.11 Å². The van der Waals surface area contributed by atoms with E-state index in [1.54, 1.807) is 0 Å². The Labute approximate surface area is 125 Å². The highest BCUT2D eigenvalue weighted by Crippen LogP contribution is 2.35. The van der Waals surface area contributed by atoms with Crippen LogP contribution in [0, 0.1) is 17.8 Å². The van der Waals surface area contributed by atoms with Gasteiger partial charge in [-0.25, -0.2) is 0 Å². The van der Waals surface area contributed by atoms with E-state index in [1.807, 2.05) is 0 Å². The van der Waals surface area contributed by atoms with Gasteiger partial charge in [0.2, 0.25) is 0 Å². The van der Waals surface area contributed by atoms with Crippen LogP contribution >= 0.6 is 15.9 Å². The molecule has 1 saturated carbocycles. The first-order chi connectivity index (χ1) is 9.06. The summed E-state index contributed by atoms with van der Waals surface area (Å²) in [7, 11) is 0. The van der Waals surface area contributed by atoms with E-state index in [0.29, 0.717) is 5.92 Å². The lowest BCUT2D eigenvalue weighted by Gasteiger charge is -2.33. The summed E-state index contributed by atoms with van der Waals surface area (Å²) in [5.41, 5.74) is 1.24. The molecule has 0 aromatic heterocycles. The number of hydrogen-bond acceptors (Lipinski definition) is 1. The molecular weight excluding hydrogens is 300 g/mol. The summed E-state index contributed by atoms with van der Waals surface area (Å²) >= 11 is 3.45. The number of hydrogen-bond donors (Lipinski definition) is 1. The molecule has 1 aliphatic rings. The molecule has 1 atom stereocenters. The molecule has 1 fully saturated rings. The van der Waals surface area contributed by atoms with Crippen LogP contribution in [0.3, 0.4) is 0 Å². The smallest absolute Gasteiger partial charge is 0.0608 e. The van der Waals surface area contributed by atoms with Crippen LogP contribution in [0.15, 0.2) is 28.7 Å². The first-order valence-electron chi connectivity index (χ1n) is 7.48. The highest BCUT2D eigenvalue weighted by atomic mass is 79.9. The van der Waals surface area contributed by atoms with Crippen molar-refractivity contribution in [2.75, 3.05) is 0 Å². The summed E-state index contributed by atoms with van der Waals surface area (Å²) in [6.07, 6.45) is 5.60. The Morgan fingerprint density at radius 2 is 1.58 bits per heavy atom. The van der Waals surface area contributed by atoms with Gasteiger partial charge in [0.25, 0.3) is 0 Å². The minimum absolute atomic E-state index is 0.172. The first kappa shape index (κ1) is 15.1. The average molecular weight is 325 g/mol. The fourth-order valence-corrected chi connectivity index (χ4v) is 3.49. The summed E-state index contributed by atoms with van der Waals surface area (Å²) in [6, 6.07) is 8.32. The normalized spacial score (nSPS) is 25.5. The van der Waals surface area contributed by atoms with E-state index < -0.39 is 0 Å². The maximum atomic E-state index is 10.4. The van der Waals surface area contributed by atoms with Crippen molar-refractivity contribution >= 4 is 15.9 Å². The monoisotopic (exact) mass is 324 g/mol. The molecule has 0 heterocycles. The van der Waals surface area contributed by atoms with Gasteiger partial charge < -0.3 is 5.11 Å².